The van der Waals surface area contributed by atoms with Gasteiger partial charge in [-0.1, -0.05) is 56.3 Å². The molecule has 2 aromatic carbocycles. The van der Waals surface area contributed by atoms with Gasteiger partial charge in [0.2, 0.25) is 5.91 Å². The monoisotopic (exact) mass is 437 g/mol. The van der Waals surface area contributed by atoms with Crippen LogP contribution in [0.25, 0.3) is 0 Å². The molecule has 2 aliphatic heterocycles. The van der Waals surface area contributed by atoms with Gasteiger partial charge in [-0.3, -0.25) is 19.3 Å². The van der Waals surface area contributed by atoms with E-state index in [0.29, 0.717) is 5.75 Å². The van der Waals surface area contributed by atoms with E-state index in [1.807, 2.05) is 68.4 Å². The van der Waals surface area contributed by atoms with E-state index in [-0.39, 0.29) is 18.5 Å². The molecular weight excluding hydrogens is 414 g/mol. The number of para-hydroxylation sites is 1. The second-order valence-corrected chi connectivity index (χ2v) is 9.01. The Kier molecular flexibility index (Phi) is 5.82. The molecule has 0 N–H and O–H groups in total. The molecule has 0 spiro atoms. The van der Waals surface area contributed by atoms with Crippen molar-refractivity contribution in [2.75, 3.05) is 23.7 Å². The summed E-state index contributed by atoms with van der Waals surface area (Å²) in [5.41, 5.74) is 1.71. The summed E-state index contributed by atoms with van der Waals surface area (Å²) < 4.78 is 0. The molecular formula is C23H23N3O4S. The lowest BCUT2D eigenvalue weighted by Gasteiger charge is -2.37. The van der Waals surface area contributed by atoms with Gasteiger partial charge in [0, 0.05) is 17.2 Å². The molecule has 0 bridgehead atoms. The topological polar surface area (TPSA) is 78.0 Å². The standard InChI is InChI=1S/C23H23N3O4S/c1-15(2)12-24-21(28)22(29)25(23(24)30)13-20(27)26-17-10-6-7-11-19(17)31-14-18(26)16-8-4-3-5-9-16/h3-11,15,18H,12-14H2,1-2H3. The number of nitrogens with zero attached hydrogens (tertiary/aromatic N) is 3. The third kappa shape index (κ3) is 3.95. The molecule has 4 rings (SSSR count). The number of amides is 5. The molecule has 0 saturated carbocycles. The van der Waals surface area contributed by atoms with Crippen LogP contribution in [-0.4, -0.2) is 52.4 Å². The average Bonchev–Trinajstić information content (AvgIpc) is 2.96. The number of hydrogen-bond acceptors (Lipinski definition) is 5. The number of carbonyl (C=O) groups is 4. The minimum absolute atomic E-state index is 0.0183. The van der Waals surface area contributed by atoms with Crippen molar-refractivity contribution in [3.8, 4) is 0 Å². The summed E-state index contributed by atoms with van der Waals surface area (Å²) in [6.45, 7) is 3.38. The number of fused-ring (bicyclic) bond motifs is 1. The highest BCUT2D eigenvalue weighted by molar-refractivity contribution is 7.99. The minimum Gasteiger partial charge on any atom is -0.301 e. The summed E-state index contributed by atoms with van der Waals surface area (Å²) in [5.74, 6) is -1.56. The molecule has 1 fully saturated rings. The third-order valence-corrected chi connectivity index (χ3v) is 6.40. The molecule has 1 saturated heterocycles. The summed E-state index contributed by atoms with van der Waals surface area (Å²) in [4.78, 5) is 55.2. The first-order valence-corrected chi connectivity index (χ1v) is 11.1. The van der Waals surface area contributed by atoms with Crippen molar-refractivity contribution in [1.82, 2.24) is 9.80 Å². The van der Waals surface area contributed by atoms with Gasteiger partial charge in [-0.2, -0.15) is 0 Å². The van der Waals surface area contributed by atoms with Crippen LogP contribution in [0.2, 0.25) is 0 Å². The Hall–Kier alpha value is -3.13. The molecule has 8 heteroatoms. The molecule has 2 aromatic rings. The summed E-state index contributed by atoms with van der Waals surface area (Å²) in [6, 6.07) is 16.3. The first kappa shape index (κ1) is 21.1. The second kappa shape index (κ2) is 8.55. The minimum atomic E-state index is -0.949. The van der Waals surface area contributed by atoms with Crippen molar-refractivity contribution >= 4 is 41.2 Å². The lowest BCUT2D eigenvalue weighted by atomic mass is 10.1. The molecule has 7 nitrogen and oxygen atoms in total. The molecule has 0 aromatic heterocycles. The maximum atomic E-state index is 13.5. The van der Waals surface area contributed by atoms with Gasteiger partial charge in [-0.05, 0) is 23.6 Å². The number of anilines is 1. The van der Waals surface area contributed by atoms with Gasteiger partial charge >= 0.3 is 17.8 Å². The third-order valence-electron chi connectivity index (χ3n) is 5.26. The molecule has 2 heterocycles. The fraction of sp³-hybridized carbons (Fsp3) is 0.304. The zero-order valence-corrected chi connectivity index (χ0v) is 18.2. The smallest absolute Gasteiger partial charge is 0.301 e. The highest BCUT2D eigenvalue weighted by Gasteiger charge is 2.46. The lowest BCUT2D eigenvalue weighted by Crippen LogP contribution is -2.46. The molecule has 160 valence electrons. The highest BCUT2D eigenvalue weighted by Crippen LogP contribution is 2.43. The number of rotatable bonds is 5. The fourth-order valence-corrected chi connectivity index (χ4v) is 5.01. The van der Waals surface area contributed by atoms with E-state index in [4.69, 9.17) is 0 Å². The Bertz CT molecular complexity index is 1040. The van der Waals surface area contributed by atoms with Crippen molar-refractivity contribution < 1.29 is 19.2 Å². The van der Waals surface area contributed by atoms with Crippen molar-refractivity contribution in [2.24, 2.45) is 5.92 Å². The number of carbonyl (C=O) groups excluding carboxylic acids is 4. The van der Waals surface area contributed by atoms with Crippen LogP contribution in [-0.2, 0) is 14.4 Å². The molecule has 2 aliphatic rings. The maximum Gasteiger partial charge on any atom is 0.334 e. The van der Waals surface area contributed by atoms with Crippen molar-refractivity contribution in [2.45, 2.75) is 24.8 Å². The Morgan fingerprint density at radius 2 is 1.61 bits per heavy atom. The van der Waals surface area contributed by atoms with Crippen LogP contribution < -0.4 is 4.90 Å². The predicted octanol–water partition coefficient (Wildman–Crippen LogP) is 3.31. The van der Waals surface area contributed by atoms with Gasteiger partial charge in [0.1, 0.15) is 6.54 Å². The number of thioether (sulfide) groups is 1. The first-order chi connectivity index (χ1) is 14.9. The maximum absolute atomic E-state index is 13.5. The SMILES string of the molecule is CC(C)CN1C(=O)C(=O)N(CC(=O)N2c3ccccc3SCC2c2ccccc2)C1=O. The number of hydrogen-bond donors (Lipinski definition) is 0. The Morgan fingerprint density at radius 3 is 2.32 bits per heavy atom. The molecule has 0 aliphatic carbocycles. The van der Waals surface area contributed by atoms with Crippen LogP contribution in [0.1, 0.15) is 25.5 Å². The van der Waals surface area contributed by atoms with Gasteiger partial charge in [0.05, 0.1) is 11.7 Å². The van der Waals surface area contributed by atoms with Crippen LogP contribution in [0, 0.1) is 5.92 Å². The lowest BCUT2D eigenvalue weighted by molar-refractivity contribution is -0.144. The predicted molar refractivity (Wildman–Crippen MR) is 117 cm³/mol. The number of urea groups is 1. The Balaban J connectivity index is 1.64. The van der Waals surface area contributed by atoms with Gasteiger partial charge < -0.3 is 4.90 Å². The summed E-state index contributed by atoms with van der Waals surface area (Å²) in [5, 5.41) is 0. The van der Waals surface area contributed by atoms with Crippen LogP contribution in [0.15, 0.2) is 59.5 Å². The van der Waals surface area contributed by atoms with Gasteiger partial charge in [0.25, 0.3) is 0 Å². The van der Waals surface area contributed by atoms with E-state index in [9.17, 15) is 19.2 Å². The molecule has 5 amide bonds. The largest absolute Gasteiger partial charge is 0.334 e. The molecule has 1 atom stereocenters. The molecule has 31 heavy (non-hydrogen) atoms. The number of benzene rings is 2. The van der Waals surface area contributed by atoms with E-state index in [1.165, 1.54) is 0 Å². The average molecular weight is 438 g/mol. The zero-order valence-electron chi connectivity index (χ0n) is 17.4. The quantitative estimate of drug-likeness (QED) is 0.530. The Morgan fingerprint density at radius 1 is 0.968 bits per heavy atom. The summed E-state index contributed by atoms with van der Waals surface area (Å²) >= 11 is 1.66. The van der Waals surface area contributed by atoms with Gasteiger partial charge in [-0.15, -0.1) is 11.8 Å². The van der Waals surface area contributed by atoms with Crippen LogP contribution >= 0.6 is 11.8 Å². The van der Waals surface area contributed by atoms with Crippen molar-refractivity contribution in [3.63, 3.8) is 0 Å². The van der Waals surface area contributed by atoms with E-state index >= 15 is 0 Å². The van der Waals surface area contributed by atoms with Crippen molar-refractivity contribution in [3.05, 3.63) is 60.2 Å². The fourth-order valence-electron chi connectivity index (χ4n) is 3.85. The van der Waals surface area contributed by atoms with Crippen LogP contribution in [0.3, 0.4) is 0 Å². The van der Waals surface area contributed by atoms with E-state index in [1.54, 1.807) is 16.7 Å². The first-order valence-electron chi connectivity index (χ1n) is 10.1. The Labute approximate surface area is 185 Å². The van der Waals surface area contributed by atoms with Crippen molar-refractivity contribution in [1.29, 1.82) is 0 Å². The highest BCUT2D eigenvalue weighted by atomic mass is 32.2. The van der Waals surface area contributed by atoms with Gasteiger partial charge in [0.15, 0.2) is 0 Å². The number of imide groups is 2. The van der Waals surface area contributed by atoms with E-state index < -0.39 is 30.3 Å². The van der Waals surface area contributed by atoms with E-state index in [0.717, 1.165) is 25.9 Å². The summed E-state index contributed by atoms with van der Waals surface area (Å²) in [6.07, 6.45) is 0. The second-order valence-electron chi connectivity index (χ2n) is 7.95. The molecule has 0 radical (unpaired) electrons. The zero-order chi connectivity index (χ0) is 22.1. The van der Waals surface area contributed by atoms with Gasteiger partial charge in [-0.25, -0.2) is 9.69 Å². The summed E-state index contributed by atoms with van der Waals surface area (Å²) in [7, 11) is 0. The molecule has 1 unspecified atom stereocenters. The van der Waals surface area contributed by atoms with Crippen LogP contribution in [0.5, 0.6) is 0 Å². The van der Waals surface area contributed by atoms with E-state index in [2.05, 4.69) is 0 Å². The normalized spacial score (nSPS) is 18.7. The van der Waals surface area contributed by atoms with Crippen LogP contribution in [0.4, 0.5) is 10.5 Å².